The number of alkyl halides is 1. The van der Waals surface area contributed by atoms with E-state index in [2.05, 4.69) is 0 Å². The van der Waals surface area contributed by atoms with E-state index in [4.69, 9.17) is 23.2 Å². The largest absolute Gasteiger partial charge is 2.00 e. The van der Waals surface area contributed by atoms with Gasteiger partial charge < -0.3 is 2.85 Å². The van der Waals surface area contributed by atoms with E-state index in [0.717, 1.165) is 10.6 Å². The van der Waals surface area contributed by atoms with Crippen LogP contribution in [-0.2, 0) is 5.88 Å². The topological polar surface area (TPSA) is 0 Å². The Hall–Kier alpha value is 0.566. The van der Waals surface area contributed by atoms with E-state index in [-0.39, 0.29) is 25.9 Å². The first-order valence-electron chi connectivity index (χ1n) is 2.63. The van der Waals surface area contributed by atoms with Gasteiger partial charge in [-0.2, -0.15) is 0 Å². The summed E-state index contributed by atoms with van der Waals surface area (Å²) in [5.41, 5.74) is 1.06. The molecule has 0 spiro atoms. The second-order valence-electron chi connectivity index (χ2n) is 1.76. The van der Waals surface area contributed by atoms with Crippen LogP contribution in [0, 0.1) is 0 Å². The summed E-state index contributed by atoms with van der Waals surface area (Å²) in [5.74, 6) is 0.528. The Morgan fingerprint density at radius 2 is 2.10 bits per heavy atom. The van der Waals surface area contributed by atoms with Gasteiger partial charge in [0.1, 0.15) is 0 Å². The van der Waals surface area contributed by atoms with Gasteiger partial charge in [0.15, 0.2) is 0 Å². The summed E-state index contributed by atoms with van der Waals surface area (Å²) in [6.07, 6.45) is 0. The van der Waals surface area contributed by atoms with Crippen LogP contribution in [0.5, 0.6) is 0 Å². The van der Waals surface area contributed by atoms with Crippen molar-refractivity contribution in [2.24, 2.45) is 0 Å². The van der Waals surface area contributed by atoms with Crippen molar-refractivity contribution in [3.05, 3.63) is 34.9 Å². The number of benzene rings is 1. The Morgan fingerprint density at radius 1 is 1.40 bits per heavy atom. The van der Waals surface area contributed by atoms with Gasteiger partial charge in [-0.3, -0.25) is 0 Å². The molecule has 0 fully saturated rings. The first-order valence-corrected chi connectivity index (χ1v) is 3.54. The molecule has 1 rings (SSSR count). The standard InChI is InChI=1S/C7H6Cl2.Mg.2H/c8-5-6-2-1-3-7(9)4-6;;;/h1-4H,5H2;;;/q;+2;2*-1. The van der Waals surface area contributed by atoms with Crippen LogP contribution in [0.3, 0.4) is 0 Å². The maximum atomic E-state index is 5.66. The van der Waals surface area contributed by atoms with Crippen LogP contribution in [0.25, 0.3) is 0 Å². The summed E-state index contributed by atoms with van der Waals surface area (Å²) in [6, 6.07) is 7.52. The first kappa shape index (κ1) is 10.6. The summed E-state index contributed by atoms with van der Waals surface area (Å²) in [4.78, 5) is 0. The first-order chi connectivity index (χ1) is 4.33. The van der Waals surface area contributed by atoms with Gasteiger partial charge in [0.05, 0.1) is 0 Å². The molecule has 0 aromatic heterocycles. The quantitative estimate of drug-likeness (QED) is 0.468. The van der Waals surface area contributed by atoms with Crippen LogP contribution < -0.4 is 0 Å². The van der Waals surface area contributed by atoms with Gasteiger partial charge in [-0.15, -0.1) is 11.6 Å². The van der Waals surface area contributed by atoms with E-state index < -0.39 is 0 Å². The van der Waals surface area contributed by atoms with Gasteiger partial charge >= 0.3 is 23.1 Å². The average Bonchev–Trinajstić information content (AvgIpc) is 1.88. The molecule has 0 heterocycles. The van der Waals surface area contributed by atoms with E-state index >= 15 is 0 Å². The molecule has 52 valence electrons. The zero-order valence-corrected chi connectivity index (χ0v) is 8.41. The number of hydrogen-bond acceptors (Lipinski definition) is 0. The molecular weight excluding hydrogens is 179 g/mol. The van der Waals surface area contributed by atoms with Crippen molar-refractivity contribution in [1.82, 2.24) is 0 Å². The fourth-order valence-corrected chi connectivity index (χ4v) is 0.999. The minimum absolute atomic E-state index is 0. The fourth-order valence-electron chi connectivity index (χ4n) is 0.620. The fraction of sp³-hybridized carbons (Fsp3) is 0.143. The van der Waals surface area contributed by atoms with Crippen LogP contribution >= 0.6 is 23.2 Å². The molecule has 3 heteroatoms. The average molecular weight is 187 g/mol. The van der Waals surface area contributed by atoms with Gasteiger partial charge in [0, 0.05) is 10.9 Å². The molecule has 0 unspecified atom stereocenters. The van der Waals surface area contributed by atoms with Crippen molar-refractivity contribution in [3.8, 4) is 0 Å². The predicted octanol–water partition coefficient (Wildman–Crippen LogP) is 2.92. The Balaban J connectivity index is -0.000000270. The summed E-state index contributed by atoms with van der Waals surface area (Å²) in [7, 11) is 0. The number of hydrogen-bond donors (Lipinski definition) is 0. The van der Waals surface area contributed by atoms with Crippen LogP contribution in [0.4, 0.5) is 0 Å². The van der Waals surface area contributed by atoms with Crippen molar-refractivity contribution in [2.75, 3.05) is 0 Å². The SMILES string of the molecule is ClCc1cccc(Cl)c1.[H-].[H-].[Mg+2]. The summed E-state index contributed by atoms with van der Waals surface area (Å²) in [5, 5.41) is 0.744. The van der Waals surface area contributed by atoms with E-state index in [0.29, 0.717) is 5.88 Å². The molecule has 0 N–H and O–H groups in total. The third kappa shape index (κ3) is 3.11. The Bertz CT molecular complexity index is 208. The molecule has 0 bridgehead atoms. The molecule has 0 nitrogen and oxygen atoms in total. The van der Waals surface area contributed by atoms with Crippen molar-refractivity contribution < 1.29 is 2.85 Å². The van der Waals surface area contributed by atoms with Gasteiger partial charge in [-0.1, -0.05) is 23.7 Å². The molecule has 0 amide bonds. The van der Waals surface area contributed by atoms with Gasteiger partial charge in [-0.05, 0) is 17.7 Å². The Kier molecular flexibility index (Phi) is 5.54. The van der Waals surface area contributed by atoms with Crippen molar-refractivity contribution in [3.63, 3.8) is 0 Å². The zero-order valence-electron chi connectivity index (χ0n) is 7.48. The molecule has 0 aliphatic rings. The maximum Gasteiger partial charge on any atom is 2.00 e. The van der Waals surface area contributed by atoms with Crippen molar-refractivity contribution >= 4 is 46.3 Å². The molecule has 0 saturated carbocycles. The van der Waals surface area contributed by atoms with E-state index in [9.17, 15) is 0 Å². The zero-order chi connectivity index (χ0) is 6.69. The van der Waals surface area contributed by atoms with Crippen molar-refractivity contribution in [2.45, 2.75) is 5.88 Å². The van der Waals surface area contributed by atoms with Crippen LogP contribution in [0.1, 0.15) is 8.42 Å². The van der Waals surface area contributed by atoms with Gasteiger partial charge in [0.2, 0.25) is 0 Å². The maximum absolute atomic E-state index is 5.66. The van der Waals surface area contributed by atoms with E-state index in [1.165, 1.54) is 0 Å². The summed E-state index contributed by atoms with van der Waals surface area (Å²) < 4.78 is 0. The minimum atomic E-state index is 0. The van der Waals surface area contributed by atoms with E-state index in [1.54, 1.807) is 0 Å². The van der Waals surface area contributed by atoms with Crippen LogP contribution in [-0.4, -0.2) is 23.1 Å². The molecule has 0 aliphatic heterocycles. The molecule has 0 aliphatic carbocycles. The van der Waals surface area contributed by atoms with Crippen LogP contribution in [0.2, 0.25) is 5.02 Å². The molecule has 0 atom stereocenters. The van der Waals surface area contributed by atoms with Crippen LogP contribution in [0.15, 0.2) is 24.3 Å². The molecule has 1 aromatic carbocycles. The van der Waals surface area contributed by atoms with E-state index in [1.807, 2.05) is 24.3 Å². The second-order valence-corrected chi connectivity index (χ2v) is 2.47. The molecule has 1 aromatic rings. The van der Waals surface area contributed by atoms with Crippen molar-refractivity contribution in [1.29, 1.82) is 0 Å². The molecule has 10 heavy (non-hydrogen) atoms. The monoisotopic (exact) mass is 186 g/mol. The Morgan fingerprint density at radius 3 is 2.50 bits per heavy atom. The van der Waals surface area contributed by atoms with Gasteiger partial charge in [0.25, 0.3) is 0 Å². The third-order valence-corrected chi connectivity index (χ3v) is 1.59. The second kappa shape index (κ2) is 5.25. The van der Waals surface area contributed by atoms with Gasteiger partial charge in [-0.25, -0.2) is 0 Å². The molecular formula is C7H8Cl2Mg. The third-order valence-electron chi connectivity index (χ3n) is 1.04. The Labute approximate surface area is 89.6 Å². The molecule has 0 radical (unpaired) electrons. The smallest absolute Gasteiger partial charge is 1.00 e. The summed E-state index contributed by atoms with van der Waals surface area (Å²) in [6.45, 7) is 0. The predicted molar refractivity (Wildman–Crippen MR) is 49.0 cm³/mol. The number of rotatable bonds is 1. The number of halogens is 2. The normalized spacial score (nSPS) is 8.60. The molecule has 0 saturated heterocycles. The minimum Gasteiger partial charge on any atom is -1.00 e. The summed E-state index contributed by atoms with van der Waals surface area (Å²) >= 11 is 11.2.